The third-order valence-electron chi connectivity index (χ3n) is 1.96. The first-order chi connectivity index (χ1) is 6.65. The van der Waals surface area contributed by atoms with E-state index in [9.17, 15) is 14.4 Å². The molecule has 1 aliphatic heterocycles. The van der Waals surface area contributed by atoms with E-state index < -0.39 is 0 Å². The Balaban J connectivity index is 2.50. The van der Waals surface area contributed by atoms with Crippen LogP contribution in [-0.4, -0.2) is 36.2 Å². The van der Waals surface area contributed by atoms with Gasteiger partial charge in [-0.2, -0.15) is 0 Å². The SMILES string of the molecule is CNC(=O)CCN1C(=O)C=CCC1=O. The van der Waals surface area contributed by atoms with Crippen LogP contribution in [-0.2, 0) is 14.4 Å². The highest BCUT2D eigenvalue weighted by Gasteiger charge is 2.21. The molecule has 5 heteroatoms. The van der Waals surface area contributed by atoms with Gasteiger partial charge in [0, 0.05) is 32.5 Å². The zero-order valence-electron chi connectivity index (χ0n) is 7.95. The molecule has 0 saturated carbocycles. The van der Waals surface area contributed by atoms with E-state index in [1.807, 2.05) is 0 Å². The molecule has 0 spiro atoms. The summed E-state index contributed by atoms with van der Waals surface area (Å²) in [7, 11) is 1.52. The molecule has 0 radical (unpaired) electrons. The summed E-state index contributed by atoms with van der Waals surface area (Å²) in [5, 5.41) is 2.43. The minimum absolute atomic E-state index is 0.154. The minimum atomic E-state index is -0.342. The van der Waals surface area contributed by atoms with Gasteiger partial charge in [0.2, 0.25) is 11.8 Å². The van der Waals surface area contributed by atoms with E-state index >= 15 is 0 Å². The predicted octanol–water partition coefficient (Wildman–Crippen LogP) is -0.562. The van der Waals surface area contributed by atoms with Crippen molar-refractivity contribution in [1.82, 2.24) is 10.2 Å². The van der Waals surface area contributed by atoms with Gasteiger partial charge in [0.05, 0.1) is 0 Å². The van der Waals surface area contributed by atoms with Gasteiger partial charge in [-0.1, -0.05) is 6.08 Å². The Morgan fingerprint density at radius 3 is 2.86 bits per heavy atom. The quantitative estimate of drug-likeness (QED) is 0.615. The molecule has 3 amide bonds. The number of carbonyl (C=O) groups is 3. The zero-order chi connectivity index (χ0) is 10.6. The van der Waals surface area contributed by atoms with Gasteiger partial charge in [-0.3, -0.25) is 19.3 Å². The van der Waals surface area contributed by atoms with Crippen LogP contribution in [0.1, 0.15) is 12.8 Å². The molecule has 76 valence electrons. The molecule has 14 heavy (non-hydrogen) atoms. The maximum atomic E-state index is 11.2. The summed E-state index contributed by atoms with van der Waals surface area (Å²) in [6.45, 7) is 0.154. The van der Waals surface area contributed by atoms with Crippen molar-refractivity contribution < 1.29 is 14.4 Å². The Bertz CT molecular complexity index is 296. The fourth-order valence-corrected chi connectivity index (χ4v) is 1.16. The van der Waals surface area contributed by atoms with Crippen LogP contribution in [0.3, 0.4) is 0 Å². The summed E-state index contributed by atoms with van der Waals surface area (Å²) in [4.78, 5) is 34.4. The molecule has 1 N–H and O–H groups in total. The predicted molar refractivity (Wildman–Crippen MR) is 49.2 cm³/mol. The maximum Gasteiger partial charge on any atom is 0.252 e. The number of hydrogen-bond donors (Lipinski definition) is 1. The summed E-state index contributed by atoms with van der Waals surface area (Å²) in [5.41, 5.74) is 0. The van der Waals surface area contributed by atoms with Crippen molar-refractivity contribution in [2.24, 2.45) is 0 Å². The maximum absolute atomic E-state index is 11.2. The summed E-state index contributed by atoms with van der Waals surface area (Å²) >= 11 is 0. The second kappa shape index (κ2) is 4.55. The lowest BCUT2D eigenvalue weighted by Gasteiger charge is -2.20. The highest BCUT2D eigenvalue weighted by molar-refractivity contribution is 6.04. The molecule has 5 nitrogen and oxygen atoms in total. The van der Waals surface area contributed by atoms with Crippen molar-refractivity contribution >= 4 is 17.7 Å². The third-order valence-corrected chi connectivity index (χ3v) is 1.96. The van der Waals surface area contributed by atoms with Crippen LogP contribution in [0.5, 0.6) is 0 Å². The van der Waals surface area contributed by atoms with E-state index in [-0.39, 0.29) is 37.1 Å². The lowest BCUT2D eigenvalue weighted by molar-refractivity contribution is -0.142. The van der Waals surface area contributed by atoms with Crippen LogP contribution in [0.25, 0.3) is 0 Å². The summed E-state index contributed by atoms with van der Waals surface area (Å²) in [6.07, 6.45) is 3.27. The van der Waals surface area contributed by atoms with E-state index in [1.54, 1.807) is 0 Å². The smallest absolute Gasteiger partial charge is 0.252 e. The van der Waals surface area contributed by atoms with E-state index in [0.717, 1.165) is 4.90 Å². The number of hydrogen-bond acceptors (Lipinski definition) is 3. The molecular formula is C9H12N2O3. The average Bonchev–Trinajstić information content (AvgIpc) is 2.16. The summed E-state index contributed by atoms with van der Waals surface area (Å²) in [6, 6.07) is 0. The lowest BCUT2D eigenvalue weighted by atomic mass is 10.2. The minimum Gasteiger partial charge on any atom is -0.359 e. The molecule has 0 aromatic carbocycles. The first-order valence-electron chi connectivity index (χ1n) is 4.36. The second-order valence-corrected chi connectivity index (χ2v) is 2.91. The molecule has 0 aliphatic carbocycles. The van der Waals surface area contributed by atoms with Gasteiger partial charge in [0.15, 0.2) is 0 Å². The molecule has 1 aliphatic rings. The van der Waals surface area contributed by atoms with Crippen molar-refractivity contribution in [3.63, 3.8) is 0 Å². The van der Waals surface area contributed by atoms with Gasteiger partial charge in [-0.25, -0.2) is 0 Å². The van der Waals surface area contributed by atoms with E-state index in [4.69, 9.17) is 0 Å². The highest BCUT2D eigenvalue weighted by Crippen LogP contribution is 2.05. The molecule has 1 rings (SSSR count). The molecule has 0 aromatic heterocycles. The lowest BCUT2D eigenvalue weighted by Crippen LogP contribution is -2.39. The van der Waals surface area contributed by atoms with E-state index in [1.165, 1.54) is 19.2 Å². The van der Waals surface area contributed by atoms with Crippen LogP contribution in [0.2, 0.25) is 0 Å². The van der Waals surface area contributed by atoms with Crippen molar-refractivity contribution in [3.05, 3.63) is 12.2 Å². The average molecular weight is 196 g/mol. The first kappa shape index (κ1) is 10.4. The largest absolute Gasteiger partial charge is 0.359 e. The number of amides is 3. The van der Waals surface area contributed by atoms with Gasteiger partial charge in [0.1, 0.15) is 0 Å². The molecule has 0 atom stereocenters. The molecule has 0 unspecified atom stereocenters. The van der Waals surface area contributed by atoms with Crippen LogP contribution < -0.4 is 5.32 Å². The molecular weight excluding hydrogens is 184 g/mol. The Hall–Kier alpha value is -1.65. The molecule has 0 bridgehead atoms. The zero-order valence-corrected chi connectivity index (χ0v) is 7.95. The molecule has 0 fully saturated rings. The number of nitrogens with zero attached hydrogens (tertiary/aromatic N) is 1. The van der Waals surface area contributed by atoms with Gasteiger partial charge in [0.25, 0.3) is 5.91 Å². The number of rotatable bonds is 3. The standard InChI is InChI=1S/C9H12N2O3/c1-10-7(12)5-6-11-8(13)3-2-4-9(11)14/h2-3H,4-6H2,1H3,(H,10,12). The normalized spacial score (nSPS) is 15.9. The second-order valence-electron chi connectivity index (χ2n) is 2.91. The van der Waals surface area contributed by atoms with Gasteiger partial charge in [-0.15, -0.1) is 0 Å². The Morgan fingerprint density at radius 1 is 1.57 bits per heavy atom. The Kier molecular flexibility index (Phi) is 3.39. The monoisotopic (exact) mass is 196 g/mol. The Morgan fingerprint density at radius 2 is 2.29 bits per heavy atom. The molecule has 1 heterocycles. The number of carbonyl (C=O) groups excluding carboxylic acids is 3. The summed E-state index contributed by atoms with van der Waals surface area (Å²) in [5.74, 6) is -0.772. The van der Waals surface area contributed by atoms with Crippen molar-refractivity contribution in [2.45, 2.75) is 12.8 Å². The topological polar surface area (TPSA) is 66.5 Å². The number of imide groups is 1. The van der Waals surface area contributed by atoms with Crippen molar-refractivity contribution in [3.8, 4) is 0 Å². The fraction of sp³-hybridized carbons (Fsp3) is 0.444. The van der Waals surface area contributed by atoms with Crippen LogP contribution in [0.15, 0.2) is 12.2 Å². The fourth-order valence-electron chi connectivity index (χ4n) is 1.16. The highest BCUT2D eigenvalue weighted by atomic mass is 16.2. The van der Waals surface area contributed by atoms with Gasteiger partial charge < -0.3 is 5.32 Å². The molecule has 0 saturated heterocycles. The molecule has 0 aromatic rings. The van der Waals surface area contributed by atoms with Crippen LogP contribution in [0.4, 0.5) is 0 Å². The van der Waals surface area contributed by atoms with Crippen molar-refractivity contribution in [1.29, 1.82) is 0 Å². The van der Waals surface area contributed by atoms with Gasteiger partial charge in [-0.05, 0) is 0 Å². The summed E-state index contributed by atoms with van der Waals surface area (Å²) < 4.78 is 0. The van der Waals surface area contributed by atoms with Crippen LogP contribution >= 0.6 is 0 Å². The van der Waals surface area contributed by atoms with E-state index in [2.05, 4.69) is 5.32 Å². The van der Waals surface area contributed by atoms with Gasteiger partial charge >= 0.3 is 0 Å². The van der Waals surface area contributed by atoms with Crippen molar-refractivity contribution in [2.75, 3.05) is 13.6 Å². The Labute approximate surface area is 81.8 Å². The number of nitrogens with one attached hydrogen (secondary N) is 1. The first-order valence-corrected chi connectivity index (χ1v) is 4.36. The van der Waals surface area contributed by atoms with Crippen LogP contribution in [0, 0.1) is 0 Å². The third kappa shape index (κ3) is 2.42. The van der Waals surface area contributed by atoms with E-state index in [0.29, 0.717) is 0 Å².